The maximum atomic E-state index is 12.7. The molecular formula is C26H27N5O5S. The highest BCUT2D eigenvalue weighted by Crippen LogP contribution is 2.38. The molecule has 1 fully saturated rings. The third-order valence-electron chi connectivity index (χ3n) is 6.49. The van der Waals surface area contributed by atoms with E-state index in [2.05, 4.69) is 20.9 Å². The molecule has 10 nitrogen and oxygen atoms in total. The molecule has 37 heavy (non-hydrogen) atoms. The highest BCUT2D eigenvalue weighted by atomic mass is 32.2. The molecule has 2 heterocycles. The van der Waals surface area contributed by atoms with Crippen LogP contribution in [0.25, 0.3) is 22.8 Å². The number of fused-ring (bicyclic) bond motifs is 1. The molecule has 1 aliphatic heterocycles. The zero-order valence-corrected chi connectivity index (χ0v) is 21.4. The predicted molar refractivity (Wildman–Crippen MR) is 135 cm³/mol. The van der Waals surface area contributed by atoms with Crippen molar-refractivity contribution < 1.29 is 22.5 Å². The highest BCUT2D eigenvalue weighted by Gasteiger charge is 2.32. The minimum Gasteiger partial charge on any atom is -0.490 e. The fourth-order valence-corrected chi connectivity index (χ4v) is 5.89. The summed E-state index contributed by atoms with van der Waals surface area (Å²) >= 11 is 0. The Kier molecular flexibility index (Phi) is 6.70. The van der Waals surface area contributed by atoms with Crippen molar-refractivity contribution in [1.29, 1.82) is 5.26 Å². The number of likely N-dealkylation sites (tertiary alicyclic amines) is 1. The topological polar surface area (TPSA) is 138 Å². The first-order valence-electron chi connectivity index (χ1n) is 12.2. The van der Waals surface area contributed by atoms with Gasteiger partial charge in [-0.3, -0.25) is 4.79 Å². The van der Waals surface area contributed by atoms with E-state index in [1.54, 1.807) is 23.1 Å². The van der Waals surface area contributed by atoms with E-state index >= 15 is 0 Å². The molecule has 1 aromatic heterocycles. The van der Waals surface area contributed by atoms with Gasteiger partial charge >= 0.3 is 0 Å². The van der Waals surface area contributed by atoms with Crippen LogP contribution in [0.15, 0.2) is 40.9 Å². The first kappa shape index (κ1) is 24.9. The van der Waals surface area contributed by atoms with Crippen LogP contribution in [0.5, 0.6) is 5.75 Å². The standard InChI is InChI=1S/C26H27N5O5S/c1-16(2)35-23-10-7-17(13-18(23)14-27)26-28-25(29-36-26)21-6-3-5-20-19(21)8-9-22(20)30-37(33,34)15-24(32)31-11-4-12-31/h3,5-7,10,13,16,22,30H,4,8-9,11-12,15H2,1-2H3/t22-/m0/s1. The van der Waals surface area contributed by atoms with Gasteiger partial charge in [-0.05, 0) is 62.4 Å². The van der Waals surface area contributed by atoms with Gasteiger partial charge in [-0.25, -0.2) is 13.1 Å². The van der Waals surface area contributed by atoms with E-state index in [9.17, 15) is 18.5 Å². The summed E-state index contributed by atoms with van der Waals surface area (Å²) in [7, 11) is -3.78. The summed E-state index contributed by atoms with van der Waals surface area (Å²) in [6.45, 7) is 5.01. The van der Waals surface area contributed by atoms with Gasteiger partial charge in [-0.1, -0.05) is 23.4 Å². The molecule has 2 aromatic carbocycles. The summed E-state index contributed by atoms with van der Waals surface area (Å²) in [4.78, 5) is 18.3. The Morgan fingerprint density at radius 3 is 2.81 bits per heavy atom. The maximum absolute atomic E-state index is 12.7. The Balaban J connectivity index is 1.36. The molecule has 5 rings (SSSR count). The fourth-order valence-electron chi connectivity index (χ4n) is 4.62. The highest BCUT2D eigenvalue weighted by molar-refractivity contribution is 7.90. The third kappa shape index (κ3) is 5.21. The molecule has 1 atom stereocenters. The number of rotatable bonds is 8. The summed E-state index contributed by atoms with van der Waals surface area (Å²) in [6.07, 6.45) is 2.04. The van der Waals surface area contributed by atoms with Crippen LogP contribution < -0.4 is 9.46 Å². The number of hydrogen-bond acceptors (Lipinski definition) is 8. The van der Waals surface area contributed by atoms with Gasteiger partial charge in [0.15, 0.2) is 0 Å². The fraction of sp³-hybridized carbons (Fsp3) is 0.385. The maximum Gasteiger partial charge on any atom is 0.258 e. The van der Waals surface area contributed by atoms with Crippen molar-refractivity contribution in [3.8, 4) is 34.7 Å². The van der Waals surface area contributed by atoms with Crippen molar-refractivity contribution in [3.05, 3.63) is 53.1 Å². The van der Waals surface area contributed by atoms with Crippen LogP contribution in [0.2, 0.25) is 0 Å². The average Bonchev–Trinajstić information content (AvgIpc) is 3.45. The number of benzene rings is 2. The molecule has 2 aliphatic rings. The van der Waals surface area contributed by atoms with E-state index in [4.69, 9.17) is 9.26 Å². The lowest BCUT2D eigenvalue weighted by molar-refractivity contribution is -0.131. The molecule has 0 saturated carbocycles. The van der Waals surface area contributed by atoms with Crippen LogP contribution in [-0.4, -0.2) is 54.3 Å². The van der Waals surface area contributed by atoms with Gasteiger partial charge in [0.25, 0.3) is 5.89 Å². The number of nitrogens with one attached hydrogen (secondary N) is 1. The number of carbonyl (C=O) groups excluding carboxylic acids is 1. The number of carbonyl (C=O) groups is 1. The Morgan fingerprint density at radius 1 is 1.30 bits per heavy atom. The lowest BCUT2D eigenvalue weighted by Crippen LogP contribution is -2.46. The molecule has 192 valence electrons. The van der Waals surface area contributed by atoms with Crippen molar-refractivity contribution in [2.75, 3.05) is 18.8 Å². The number of nitriles is 1. The number of ether oxygens (including phenoxy) is 1. The summed E-state index contributed by atoms with van der Waals surface area (Å²) < 4.78 is 39.2. The normalized spacial score (nSPS) is 16.8. The third-order valence-corrected chi connectivity index (χ3v) is 7.76. The van der Waals surface area contributed by atoms with Crippen molar-refractivity contribution in [2.45, 2.75) is 45.3 Å². The first-order chi connectivity index (χ1) is 17.7. The molecule has 1 aliphatic carbocycles. The van der Waals surface area contributed by atoms with Gasteiger partial charge in [-0.15, -0.1) is 0 Å². The second-order valence-corrected chi connectivity index (χ2v) is 11.2. The summed E-state index contributed by atoms with van der Waals surface area (Å²) in [5.41, 5.74) is 3.50. The second kappa shape index (κ2) is 9.95. The average molecular weight is 522 g/mol. The van der Waals surface area contributed by atoms with Gasteiger partial charge in [0.2, 0.25) is 21.8 Å². The van der Waals surface area contributed by atoms with Crippen molar-refractivity contribution in [2.24, 2.45) is 0 Å². The largest absolute Gasteiger partial charge is 0.490 e. The number of aromatic nitrogens is 2. The Bertz CT molecular complexity index is 1490. The van der Waals surface area contributed by atoms with Crippen LogP contribution in [0.3, 0.4) is 0 Å². The molecule has 3 aromatic rings. The van der Waals surface area contributed by atoms with Crippen LogP contribution in [0.1, 0.15) is 49.4 Å². The van der Waals surface area contributed by atoms with E-state index in [1.807, 2.05) is 32.0 Å². The van der Waals surface area contributed by atoms with Crippen LogP contribution >= 0.6 is 0 Å². The zero-order valence-electron chi connectivity index (χ0n) is 20.6. The molecule has 11 heteroatoms. The summed E-state index contributed by atoms with van der Waals surface area (Å²) in [5.74, 6) is 0.220. The molecule has 1 N–H and O–H groups in total. The van der Waals surface area contributed by atoms with Gasteiger partial charge in [-0.2, -0.15) is 10.2 Å². The molecule has 0 unspecified atom stereocenters. The van der Waals surface area contributed by atoms with E-state index in [-0.39, 0.29) is 17.9 Å². The Labute approximate surface area is 215 Å². The number of hydrogen-bond donors (Lipinski definition) is 1. The molecule has 0 spiro atoms. The minimum atomic E-state index is -3.78. The predicted octanol–water partition coefficient (Wildman–Crippen LogP) is 3.20. The molecule has 1 saturated heterocycles. The summed E-state index contributed by atoms with van der Waals surface area (Å²) in [6, 6.07) is 12.4. The SMILES string of the molecule is CC(C)Oc1ccc(-c2nc(-c3cccc4c3CC[C@@H]4NS(=O)(=O)CC(=O)N3CCC3)no2)cc1C#N. The van der Waals surface area contributed by atoms with Crippen molar-refractivity contribution in [1.82, 2.24) is 19.8 Å². The van der Waals surface area contributed by atoms with Gasteiger partial charge in [0, 0.05) is 30.3 Å². The Morgan fingerprint density at radius 2 is 2.11 bits per heavy atom. The first-order valence-corrected chi connectivity index (χ1v) is 13.8. The molecule has 0 radical (unpaired) electrons. The monoisotopic (exact) mass is 521 g/mol. The zero-order chi connectivity index (χ0) is 26.2. The number of nitrogens with zero attached hydrogens (tertiary/aromatic N) is 4. The van der Waals surface area contributed by atoms with E-state index in [0.717, 1.165) is 23.1 Å². The van der Waals surface area contributed by atoms with Gasteiger partial charge in [0.05, 0.1) is 11.7 Å². The van der Waals surface area contributed by atoms with Gasteiger partial charge < -0.3 is 14.2 Å². The van der Waals surface area contributed by atoms with Gasteiger partial charge in [0.1, 0.15) is 17.6 Å². The lowest BCUT2D eigenvalue weighted by Gasteiger charge is -2.30. The molecule has 0 bridgehead atoms. The van der Waals surface area contributed by atoms with Crippen LogP contribution in [-0.2, 0) is 21.2 Å². The van der Waals surface area contributed by atoms with E-state index < -0.39 is 21.8 Å². The smallest absolute Gasteiger partial charge is 0.258 e. The number of sulfonamides is 1. The minimum absolute atomic E-state index is 0.0672. The quantitative estimate of drug-likeness (QED) is 0.477. The van der Waals surface area contributed by atoms with Crippen molar-refractivity contribution >= 4 is 15.9 Å². The Hall–Kier alpha value is -3.75. The molecule has 1 amide bonds. The van der Waals surface area contributed by atoms with Crippen LogP contribution in [0.4, 0.5) is 0 Å². The van der Waals surface area contributed by atoms with Crippen LogP contribution in [0, 0.1) is 11.3 Å². The van der Waals surface area contributed by atoms with E-state index in [0.29, 0.717) is 48.6 Å². The van der Waals surface area contributed by atoms with E-state index in [1.165, 1.54) is 0 Å². The second-order valence-electron chi connectivity index (χ2n) is 9.49. The summed E-state index contributed by atoms with van der Waals surface area (Å²) in [5, 5.41) is 13.7. The van der Waals surface area contributed by atoms with Crippen molar-refractivity contribution in [3.63, 3.8) is 0 Å². The lowest BCUT2D eigenvalue weighted by atomic mass is 10.0. The molecular weight excluding hydrogens is 494 g/mol. The number of amides is 1.